The Kier molecular flexibility index (Phi) is 4.78. The van der Waals surface area contributed by atoms with Gasteiger partial charge in [-0.2, -0.15) is 5.10 Å². The number of ether oxygens (including phenoxy) is 2. The van der Waals surface area contributed by atoms with Gasteiger partial charge >= 0.3 is 6.03 Å². The molecule has 1 amide bonds. The molecule has 3 aromatic heterocycles. The minimum atomic E-state index is -0.244. The third-order valence-corrected chi connectivity index (χ3v) is 7.53. The van der Waals surface area contributed by atoms with Crippen LogP contribution in [0.25, 0.3) is 33.5 Å². The maximum atomic E-state index is 13.2. The zero-order valence-corrected chi connectivity index (χ0v) is 19.5. The SMILES string of the molecule is CNc1cc2nc3c1ncn3C(=O)N[C@@H]1CC[C@H]1OCc1ccc3c(c1)c-2nn3C1CCOCC1. The molecule has 35 heavy (non-hydrogen) atoms. The Hall–Kier alpha value is -3.50. The fraction of sp³-hybridized carbons (Fsp3) is 0.440. The highest BCUT2D eigenvalue weighted by atomic mass is 16.5. The van der Waals surface area contributed by atoms with Gasteiger partial charge in [0.25, 0.3) is 0 Å². The summed E-state index contributed by atoms with van der Waals surface area (Å²) in [7, 11) is 1.85. The van der Waals surface area contributed by atoms with E-state index in [1.165, 1.54) is 10.9 Å². The number of aromatic nitrogens is 5. The number of nitrogens with one attached hydrogen (secondary N) is 2. The van der Waals surface area contributed by atoms with Crippen LogP contribution < -0.4 is 10.6 Å². The molecule has 180 valence electrons. The number of hydrogen-bond acceptors (Lipinski definition) is 7. The van der Waals surface area contributed by atoms with E-state index in [0.717, 1.165) is 66.7 Å². The van der Waals surface area contributed by atoms with Crippen LogP contribution in [0, 0.1) is 0 Å². The van der Waals surface area contributed by atoms with Crippen molar-refractivity contribution in [3.8, 4) is 11.4 Å². The van der Waals surface area contributed by atoms with Crippen LogP contribution in [-0.4, -0.2) is 62.8 Å². The number of carbonyl (C=O) groups is 1. The number of fused-ring (bicyclic) bond motifs is 4. The fourth-order valence-corrected chi connectivity index (χ4v) is 5.39. The van der Waals surface area contributed by atoms with Crippen molar-refractivity contribution in [2.75, 3.05) is 25.6 Å². The second kappa shape index (κ2) is 8.03. The van der Waals surface area contributed by atoms with Gasteiger partial charge in [-0.1, -0.05) is 6.07 Å². The summed E-state index contributed by atoms with van der Waals surface area (Å²) in [6, 6.07) is 8.40. The summed E-state index contributed by atoms with van der Waals surface area (Å²) in [6.45, 7) is 1.95. The molecule has 4 bridgehead atoms. The predicted molar refractivity (Wildman–Crippen MR) is 130 cm³/mol. The first-order chi connectivity index (χ1) is 17.2. The van der Waals surface area contributed by atoms with E-state index in [1.807, 2.05) is 13.1 Å². The van der Waals surface area contributed by atoms with Gasteiger partial charge in [0.2, 0.25) is 0 Å². The molecule has 2 N–H and O–H groups in total. The number of benzene rings is 1. The first kappa shape index (κ1) is 20.8. The molecule has 0 unspecified atom stereocenters. The van der Waals surface area contributed by atoms with Crippen molar-refractivity contribution >= 4 is 33.8 Å². The van der Waals surface area contributed by atoms with E-state index in [4.69, 9.17) is 19.6 Å². The minimum absolute atomic E-state index is 0.00630. The zero-order chi connectivity index (χ0) is 23.5. The van der Waals surface area contributed by atoms with Gasteiger partial charge in [-0.3, -0.25) is 4.68 Å². The first-order valence-corrected chi connectivity index (χ1v) is 12.3. The number of amides is 1. The van der Waals surface area contributed by atoms with Crippen LogP contribution in [0.15, 0.2) is 30.6 Å². The summed E-state index contributed by atoms with van der Waals surface area (Å²) in [4.78, 5) is 22.6. The molecule has 10 nitrogen and oxygen atoms in total. The third-order valence-electron chi connectivity index (χ3n) is 7.53. The van der Waals surface area contributed by atoms with E-state index < -0.39 is 0 Å². The predicted octanol–water partition coefficient (Wildman–Crippen LogP) is 3.46. The standard InChI is InChI=1S/C25H27N7O3/c1-26-18-11-19-22-16-10-14(2-4-20(16)32(30-22)15-6-8-34-9-7-15)12-35-21-5-3-17(21)29-25(33)31-13-27-23(18)24(31)28-19/h2,4,10-11,13,15,17,21H,3,5-9,12H2,1H3,(H,26,28)(H,29,33)/t17-,21-/m1/s1. The zero-order valence-electron chi connectivity index (χ0n) is 19.5. The smallest absolute Gasteiger partial charge is 0.328 e. The van der Waals surface area contributed by atoms with E-state index in [2.05, 4.69) is 38.5 Å². The normalized spacial score (nSPS) is 22.7. The molecule has 3 aliphatic rings. The van der Waals surface area contributed by atoms with E-state index in [0.29, 0.717) is 23.5 Å². The lowest BCUT2D eigenvalue weighted by molar-refractivity contribution is -0.0322. The number of rotatable bonds is 2. The van der Waals surface area contributed by atoms with Crippen LogP contribution in [0.2, 0.25) is 0 Å². The fourth-order valence-electron chi connectivity index (χ4n) is 5.39. The summed E-state index contributed by atoms with van der Waals surface area (Å²) in [5.74, 6) is 0. The molecular weight excluding hydrogens is 446 g/mol. The Morgan fingerprint density at radius 1 is 1.14 bits per heavy atom. The molecule has 1 saturated heterocycles. The highest BCUT2D eigenvalue weighted by Crippen LogP contribution is 2.35. The number of anilines is 1. The van der Waals surface area contributed by atoms with Crippen molar-refractivity contribution in [3.05, 3.63) is 36.2 Å². The second-order valence-corrected chi connectivity index (χ2v) is 9.56. The molecule has 0 spiro atoms. The van der Waals surface area contributed by atoms with Crippen LogP contribution in [0.1, 0.15) is 37.3 Å². The maximum absolute atomic E-state index is 13.2. The summed E-state index contributed by atoms with van der Waals surface area (Å²) in [5, 5.41) is 12.5. The summed E-state index contributed by atoms with van der Waals surface area (Å²) in [6.07, 6.45) is 5.20. The Balaban J connectivity index is 1.47. The number of carbonyl (C=O) groups excluding carboxylic acids is 1. The summed E-state index contributed by atoms with van der Waals surface area (Å²) >= 11 is 0. The minimum Gasteiger partial charge on any atom is -0.386 e. The van der Waals surface area contributed by atoms with Gasteiger partial charge in [0.05, 0.1) is 41.7 Å². The van der Waals surface area contributed by atoms with Gasteiger partial charge in [0, 0.05) is 25.6 Å². The average Bonchev–Trinajstić information content (AvgIpc) is 3.48. The Bertz CT molecular complexity index is 1450. The molecule has 0 radical (unpaired) electrons. The van der Waals surface area contributed by atoms with Crippen molar-refractivity contribution in [1.29, 1.82) is 0 Å². The first-order valence-electron chi connectivity index (χ1n) is 12.3. The van der Waals surface area contributed by atoms with Crippen LogP contribution in [0.4, 0.5) is 10.5 Å². The Labute approximate surface area is 201 Å². The quantitative estimate of drug-likeness (QED) is 0.459. The molecule has 1 aliphatic carbocycles. The van der Waals surface area contributed by atoms with Crippen LogP contribution in [0.3, 0.4) is 0 Å². The monoisotopic (exact) mass is 473 g/mol. The topological polar surface area (TPSA) is 108 Å². The molecular formula is C25H27N7O3. The van der Waals surface area contributed by atoms with Gasteiger partial charge in [-0.05, 0) is 49.4 Å². The molecule has 1 saturated carbocycles. The molecule has 2 fully saturated rings. The summed E-state index contributed by atoms with van der Waals surface area (Å²) < 4.78 is 15.4. The van der Waals surface area contributed by atoms with E-state index in [-0.39, 0.29) is 24.2 Å². The van der Waals surface area contributed by atoms with E-state index in [1.54, 1.807) is 0 Å². The van der Waals surface area contributed by atoms with Crippen LogP contribution in [0.5, 0.6) is 0 Å². The second-order valence-electron chi connectivity index (χ2n) is 9.56. The highest BCUT2D eigenvalue weighted by Gasteiger charge is 2.34. The number of hydrogen-bond donors (Lipinski definition) is 2. The Morgan fingerprint density at radius 3 is 2.83 bits per heavy atom. The molecule has 7 rings (SSSR count). The lowest BCUT2D eigenvalue weighted by Gasteiger charge is -2.36. The molecule has 2 aliphatic heterocycles. The van der Waals surface area contributed by atoms with Crippen molar-refractivity contribution in [2.45, 2.75) is 50.5 Å². The highest BCUT2D eigenvalue weighted by molar-refractivity contribution is 5.98. The molecule has 1 aromatic carbocycles. The molecule has 10 heteroatoms. The van der Waals surface area contributed by atoms with Crippen molar-refractivity contribution in [3.63, 3.8) is 0 Å². The van der Waals surface area contributed by atoms with Gasteiger partial charge in [0.15, 0.2) is 5.65 Å². The maximum Gasteiger partial charge on any atom is 0.328 e. The number of imidazole rings is 1. The van der Waals surface area contributed by atoms with Gasteiger partial charge in [-0.15, -0.1) is 0 Å². The number of pyridine rings is 1. The van der Waals surface area contributed by atoms with Crippen LogP contribution >= 0.6 is 0 Å². The lowest BCUT2D eigenvalue weighted by Crippen LogP contribution is -2.52. The Morgan fingerprint density at radius 2 is 2.03 bits per heavy atom. The van der Waals surface area contributed by atoms with Gasteiger partial charge in [0.1, 0.15) is 17.5 Å². The molecule has 5 heterocycles. The van der Waals surface area contributed by atoms with Crippen molar-refractivity contribution in [2.24, 2.45) is 0 Å². The molecule has 4 aromatic rings. The number of nitrogens with zero attached hydrogens (tertiary/aromatic N) is 5. The van der Waals surface area contributed by atoms with E-state index in [9.17, 15) is 4.79 Å². The summed E-state index contributed by atoms with van der Waals surface area (Å²) in [5.41, 5.74) is 5.60. The van der Waals surface area contributed by atoms with Crippen LogP contribution in [-0.2, 0) is 16.1 Å². The van der Waals surface area contributed by atoms with Gasteiger partial charge in [-0.25, -0.2) is 19.3 Å². The average molecular weight is 474 g/mol. The molecule has 2 atom stereocenters. The van der Waals surface area contributed by atoms with Crippen molar-refractivity contribution < 1.29 is 14.3 Å². The lowest BCUT2D eigenvalue weighted by atomic mass is 9.89. The largest absolute Gasteiger partial charge is 0.386 e. The van der Waals surface area contributed by atoms with Crippen molar-refractivity contribution in [1.82, 2.24) is 29.6 Å². The van der Waals surface area contributed by atoms with Gasteiger partial charge < -0.3 is 20.1 Å². The third kappa shape index (κ3) is 3.31. The van der Waals surface area contributed by atoms with E-state index >= 15 is 0 Å².